The average molecular weight is 596 g/mol. The van der Waals surface area contributed by atoms with Crippen LogP contribution in [0.1, 0.15) is 55.7 Å². The number of benzene rings is 3. The van der Waals surface area contributed by atoms with Gasteiger partial charge in [-0.2, -0.15) is 0 Å². The summed E-state index contributed by atoms with van der Waals surface area (Å²) in [5.74, 6) is -0.730. The van der Waals surface area contributed by atoms with Gasteiger partial charge >= 0.3 is 0 Å². The summed E-state index contributed by atoms with van der Waals surface area (Å²) in [5.41, 5.74) is 3.08. The first kappa shape index (κ1) is 30.6. The van der Waals surface area contributed by atoms with E-state index in [2.05, 4.69) is 5.32 Å². The second kappa shape index (κ2) is 13.5. The molecule has 1 aliphatic carbocycles. The molecule has 1 atom stereocenters. The molecular weight excluding hydrogens is 558 g/mol. The van der Waals surface area contributed by atoms with E-state index in [0.29, 0.717) is 10.7 Å². The maximum absolute atomic E-state index is 14.1. The van der Waals surface area contributed by atoms with Crippen LogP contribution >= 0.6 is 11.6 Å². The van der Waals surface area contributed by atoms with Crippen LogP contribution in [-0.2, 0) is 26.2 Å². The van der Waals surface area contributed by atoms with Crippen LogP contribution in [0, 0.1) is 13.8 Å². The zero-order chi connectivity index (χ0) is 29.6. The van der Waals surface area contributed by atoms with Crippen LogP contribution < -0.4 is 9.62 Å². The normalized spacial score (nSPS) is 14.7. The van der Waals surface area contributed by atoms with Crippen molar-refractivity contribution in [2.24, 2.45) is 0 Å². The van der Waals surface area contributed by atoms with Gasteiger partial charge in [-0.15, -0.1) is 0 Å². The molecule has 1 fully saturated rings. The van der Waals surface area contributed by atoms with Gasteiger partial charge in [0.1, 0.15) is 12.6 Å². The van der Waals surface area contributed by atoms with Crippen LogP contribution in [0.2, 0.25) is 5.02 Å². The van der Waals surface area contributed by atoms with Gasteiger partial charge in [0, 0.05) is 17.6 Å². The molecule has 3 aromatic carbocycles. The molecule has 1 saturated carbocycles. The van der Waals surface area contributed by atoms with Gasteiger partial charge in [0.2, 0.25) is 11.8 Å². The summed E-state index contributed by atoms with van der Waals surface area (Å²) in [7, 11) is -4.09. The monoisotopic (exact) mass is 595 g/mol. The molecule has 1 N–H and O–H groups in total. The summed E-state index contributed by atoms with van der Waals surface area (Å²) < 4.78 is 29.0. The first-order valence-electron chi connectivity index (χ1n) is 14.1. The van der Waals surface area contributed by atoms with E-state index < -0.39 is 28.5 Å². The van der Waals surface area contributed by atoms with Crippen molar-refractivity contribution in [2.75, 3.05) is 10.8 Å². The maximum Gasteiger partial charge on any atom is 0.264 e. The lowest BCUT2D eigenvalue weighted by Crippen LogP contribution is -2.53. The highest BCUT2D eigenvalue weighted by molar-refractivity contribution is 7.92. The van der Waals surface area contributed by atoms with Gasteiger partial charge < -0.3 is 10.2 Å². The van der Waals surface area contributed by atoms with Crippen molar-refractivity contribution >= 4 is 39.1 Å². The molecule has 0 heterocycles. The predicted molar refractivity (Wildman–Crippen MR) is 163 cm³/mol. The Bertz CT molecular complexity index is 1460. The quantitative estimate of drug-likeness (QED) is 0.311. The minimum atomic E-state index is -4.09. The van der Waals surface area contributed by atoms with Crippen molar-refractivity contribution in [3.8, 4) is 0 Å². The first-order valence-corrected chi connectivity index (χ1v) is 15.9. The molecule has 4 rings (SSSR count). The molecule has 3 aromatic rings. The first-order chi connectivity index (χ1) is 19.6. The summed E-state index contributed by atoms with van der Waals surface area (Å²) in [6.07, 6.45) is 5.12. The highest BCUT2D eigenvalue weighted by atomic mass is 35.5. The molecule has 0 radical (unpaired) electrons. The molecule has 0 bridgehead atoms. The van der Waals surface area contributed by atoms with Gasteiger partial charge in [0.15, 0.2) is 0 Å². The minimum absolute atomic E-state index is 0.0803. The Labute approximate surface area is 248 Å². The van der Waals surface area contributed by atoms with Gasteiger partial charge in [-0.1, -0.05) is 67.3 Å². The number of amides is 2. The summed E-state index contributed by atoms with van der Waals surface area (Å²) >= 11 is 6.08. The fourth-order valence-corrected chi connectivity index (χ4v) is 6.62. The van der Waals surface area contributed by atoms with Gasteiger partial charge in [-0.05, 0) is 86.7 Å². The van der Waals surface area contributed by atoms with E-state index in [-0.39, 0.29) is 23.4 Å². The molecule has 0 spiro atoms. The number of carbonyl (C=O) groups excluding carboxylic acids is 2. The van der Waals surface area contributed by atoms with Gasteiger partial charge in [-0.3, -0.25) is 13.9 Å². The number of halogens is 1. The molecule has 218 valence electrons. The average Bonchev–Trinajstić information content (AvgIpc) is 2.97. The molecule has 7 nitrogen and oxygen atoms in total. The third-order valence-electron chi connectivity index (χ3n) is 7.77. The SMILES string of the molecule is Cc1ccc(N(CC(=O)N(Cc2ccc(Cl)cc2)[C@H](C)C(=O)NC2CCCCC2)S(=O)(=O)c2ccccc2)cc1C. The Hall–Kier alpha value is -3.36. The highest BCUT2D eigenvalue weighted by Gasteiger charge is 2.33. The Morgan fingerprint density at radius 1 is 0.927 bits per heavy atom. The van der Waals surface area contributed by atoms with Gasteiger partial charge in [0.25, 0.3) is 10.0 Å². The van der Waals surface area contributed by atoms with E-state index in [1.165, 1.54) is 17.0 Å². The summed E-state index contributed by atoms with van der Waals surface area (Å²) in [6.45, 7) is 5.20. The van der Waals surface area contributed by atoms with E-state index >= 15 is 0 Å². The number of anilines is 1. The standard InChI is InChI=1S/C32H38ClN3O4S/c1-23-14-19-29(20-24(23)2)36(41(39,40)30-12-8-5-9-13-30)22-31(37)35(21-26-15-17-27(33)18-16-26)25(3)32(38)34-28-10-6-4-7-11-28/h5,8-9,12-20,25,28H,4,6-7,10-11,21-22H2,1-3H3,(H,34,38)/t25-/m1/s1. The number of hydrogen-bond donors (Lipinski definition) is 1. The van der Waals surface area contributed by atoms with Crippen LogP contribution in [-0.4, -0.2) is 43.8 Å². The molecule has 0 aliphatic heterocycles. The van der Waals surface area contributed by atoms with Crippen LogP contribution in [0.4, 0.5) is 5.69 Å². The fourth-order valence-electron chi connectivity index (χ4n) is 5.07. The largest absolute Gasteiger partial charge is 0.352 e. The van der Waals surface area contributed by atoms with Crippen molar-refractivity contribution in [3.63, 3.8) is 0 Å². The third kappa shape index (κ3) is 7.68. The second-order valence-electron chi connectivity index (χ2n) is 10.8. The number of rotatable bonds is 10. The molecule has 0 aromatic heterocycles. The van der Waals surface area contributed by atoms with E-state index in [4.69, 9.17) is 11.6 Å². The number of nitrogens with zero attached hydrogens (tertiary/aromatic N) is 2. The molecule has 9 heteroatoms. The van der Waals surface area contributed by atoms with Crippen LogP contribution in [0.15, 0.2) is 77.7 Å². The highest BCUT2D eigenvalue weighted by Crippen LogP contribution is 2.27. The Kier molecular flexibility index (Phi) is 10.1. The smallest absolute Gasteiger partial charge is 0.264 e. The molecule has 0 saturated heterocycles. The lowest BCUT2D eigenvalue weighted by molar-refractivity contribution is -0.139. The molecule has 2 amide bonds. The van der Waals surface area contributed by atoms with E-state index in [1.807, 2.05) is 19.9 Å². The lowest BCUT2D eigenvalue weighted by atomic mass is 9.95. The topological polar surface area (TPSA) is 86.8 Å². The van der Waals surface area contributed by atoms with E-state index in [9.17, 15) is 18.0 Å². The predicted octanol–water partition coefficient (Wildman–Crippen LogP) is 6.02. The molecular formula is C32H38ClN3O4S. The van der Waals surface area contributed by atoms with Crippen molar-refractivity contribution in [1.82, 2.24) is 10.2 Å². The molecule has 0 unspecified atom stereocenters. The van der Waals surface area contributed by atoms with Gasteiger partial charge in [-0.25, -0.2) is 8.42 Å². The summed E-state index contributed by atoms with van der Waals surface area (Å²) in [6, 6.07) is 19.7. The third-order valence-corrected chi connectivity index (χ3v) is 9.81. The van der Waals surface area contributed by atoms with Crippen molar-refractivity contribution in [1.29, 1.82) is 0 Å². The summed E-state index contributed by atoms with van der Waals surface area (Å²) in [4.78, 5) is 29.0. The maximum atomic E-state index is 14.1. The zero-order valence-corrected chi connectivity index (χ0v) is 25.4. The number of hydrogen-bond acceptors (Lipinski definition) is 4. The number of aryl methyl sites for hydroxylation is 2. The molecule has 1 aliphatic rings. The Morgan fingerprint density at radius 2 is 1.59 bits per heavy atom. The van der Waals surface area contributed by atoms with Crippen LogP contribution in [0.5, 0.6) is 0 Å². The zero-order valence-electron chi connectivity index (χ0n) is 23.8. The minimum Gasteiger partial charge on any atom is -0.352 e. The Morgan fingerprint density at radius 3 is 2.22 bits per heavy atom. The van der Waals surface area contributed by atoms with Crippen LogP contribution in [0.25, 0.3) is 0 Å². The van der Waals surface area contributed by atoms with E-state index in [1.54, 1.807) is 61.5 Å². The Balaban J connectivity index is 1.68. The second-order valence-corrected chi connectivity index (χ2v) is 13.1. The van der Waals surface area contributed by atoms with Crippen molar-refractivity contribution < 1.29 is 18.0 Å². The van der Waals surface area contributed by atoms with Crippen molar-refractivity contribution in [2.45, 2.75) is 76.4 Å². The lowest BCUT2D eigenvalue weighted by Gasteiger charge is -2.33. The van der Waals surface area contributed by atoms with E-state index in [0.717, 1.165) is 53.1 Å². The van der Waals surface area contributed by atoms with Crippen molar-refractivity contribution in [3.05, 3.63) is 94.5 Å². The van der Waals surface area contributed by atoms with Gasteiger partial charge in [0.05, 0.1) is 10.6 Å². The number of sulfonamides is 1. The number of carbonyl (C=O) groups is 2. The fraction of sp³-hybridized carbons (Fsp3) is 0.375. The van der Waals surface area contributed by atoms with Crippen LogP contribution in [0.3, 0.4) is 0 Å². The summed E-state index contributed by atoms with van der Waals surface area (Å²) in [5, 5.41) is 3.68. The molecule has 41 heavy (non-hydrogen) atoms. The number of nitrogens with one attached hydrogen (secondary N) is 1.